The Balaban J connectivity index is 2.00. The van der Waals surface area contributed by atoms with Crippen molar-refractivity contribution in [1.29, 1.82) is 0 Å². The Labute approximate surface area is 104 Å². The number of nitrogens with zero attached hydrogens (tertiary/aromatic N) is 1. The zero-order chi connectivity index (χ0) is 11.5. The number of H-pyrrole nitrogens is 1. The topological polar surface area (TPSA) is 40.7 Å². The summed E-state index contributed by atoms with van der Waals surface area (Å²) in [7, 11) is 0. The lowest BCUT2D eigenvalue weighted by Gasteiger charge is -2.17. The Hall–Kier alpha value is -0.840. The molecule has 0 spiro atoms. The molecule has 5 heteroatoms. The second-order valence-corrected chi connectivity index (χ2v) is 5.51. The van der Waals surface area contributed by atoms with Crippen LogP contribution >= 0.6 is 22.9 Å². The molecule has 86 valence electrons. The second-order valence-electron chi connectivity index (χ2n) is 3.76. The van der Waals surface area contributed by atoms with Crippen molar-refractivity contribution >= 4 is 22.9 Å². The van der Waals surface area contributed by atoms with E-state index in [2.05, 4.69) is 35.4 Å². The van der Waals surface area contributed by atoms with Crippen molar-refractivity contribution in [3.8, 4) is 0 Å². The third-order valence-electron chi connectivity index (χ3n) is 2.51. The predicted molar refractivity (Wildman–Crippen MR) is 67.9 cm³/mol. The van der Waals surface area contributed by atoms with Crippen molar-refractivity contribution in [3.05, 3.63) is 39.3 Å². The number of halogens is 1. The van der Waals surface area contributed by atoms with E-state index in [-0.39, 0.29) is 12.1 Å². The van der Waals surface area contributed by atoms with Crippen molar-refractivity contribution < 1.29 is 0 Å². The molecule has 0 aliphatic heterocycles. The van der Waals surface area contributed by atoms with Crippen LogP contribution in [0.4, 0.5) is 0 Å². The molecule has 2 atom stereocenters. The van der Waals surface area contributed by atoms with Crippen molar-refractivity contribution in [2.45, 2.75) is 25.9 Å². The summed E-state index contributed by atoms with van der Waals surface area (Å²) in [5.41, 5.74) is 1.09. The molecule has 0 amide bonds. The van der Waals surface area contributed by atoms with E-state index in [1.807, 2.05) is 12.1 Å². The molecule has 0 bridgehead atoms. The molecule has 2 aromatic heterocycles. The van der Waals surface area contributed by atoms with Gasteiger partial charge in [0.25, 0.3) is 0 Å². The number of nitrogens with one attached hydrogen (secondary N) is 2. The predicted octanol–water partition coefficient (Wildman–Crippen LogP) is 3.54. The van der Waals surface area contributed by atoms with Gasteiger partial charge in [-0.25, -0.2) is 0 Å². The van der Waals surface area contributed by atoms with Crippen LogP contribution in [-0.2, 0) is 0 Å². The average Bonchev–Trinajstić information content (AvgIpc) is 2.87. The van der Waals surface area contributed by atoms with E-state index in [0.29, 0.717) is 0 Å². The fourth-order valence-corrected chi connectivity index (χ4v) is 2.69. The van der Waals surface area contributed by atoms with Crippen LogP contribution in [0.25, 0.3) is 0 Å². The standard InChI is InChI=1S/C11H14ClN3S/c1-7(9-5-6-13-15-9)14-8(2)10-3-4-11(12)16-10/h3-8,14H,1-2H3,(H,13,15). The van der Waals surface area contributed by atoms with Crippen LogP contribution in [0.3, 0.4) is 0 Å². The van der Waals surface area contributed by atoms with Gasteiger partial charge in [-0.2, -0.15) is 5.10 Å². The van der Waals surface area contributed by atoms with Crippen LogP contribution in [0.2, 0.25) is 4.34 Å². The molecule has 2 unspecified atom stereocenters. The highest BCUT2D eigenvalue weighted by atomic mass is 35.5. The highest BCUT2D eigenvalue weighted by Crippen LogP contribution is 2.28. The summed E-state index contributed by atoms with van der Waals surface area (Å²) >= 11 is 7.53. The van der Waals surface area contributed by atoms with E-state index < -0.39 is 0 Å². The van der Waals surface area contributed by atoms with E-state index in [1.54, 1.807) is 17.5 Å². The van der Waals surface area contributed by atoms with Gasteiger partial charge in [-0.15, -0.1) is 11.3 Å². The minimum atomic E-state index is 0.248. The molecule has 0 radical (unpaired) electrons. The van der Waals surface area contributed by atoms with Gasteiger partial charge in [-0.3, -0.25) is 5.10 Å². The summed E-state index contributed by atoms with van der Waals surface area (Å²) in [4.78, 5) is 1.25. The maximum absolute atomic E-state index is 5.92. The van der Waals surface area contributed by atoms with E-state index >= 15 is 0 Å². The molecule has 0 saturated carbocycles. The fourth-order valence-electron chi connectivity index (χ4n) is 1.62. The molecule has 2 aromatic rings. The number of aromatic nitrogens is 2. The van der Waals surface area contributed by atoms with Gasteiger partial charge in [0, 0.05) is 23.2 Å². The van der Waals surface area contributed by atoms with Crippen molar-refractivity contribution in [2.24, 2.45) is 0 Å². The molecular formula is C11H14ClN3S. The van der Waals surface area contributed by atoms with Crippen LogP contribution in [0.15, 0.2) is 24.4 Å². The fraction of sp³-hybridized carbons (Fsp3) is 0.364. The largest absolute Gasteiger partial charge is 0.301 e. The van der Waals surface area contributed by atoms with Gasteiger partial charge in [-0.05, 0) is 32.0 Å². The number of rotatable bonds is 4. The van der Waals surface area contributed by atoms with Gasteiger partial charge < -0.3 is 5.32 Å². The van der Waals surface area contributed by atoms with Crippen molar-refractivity contribution in [3.63, 3.8) is 0 Å². The van der Waals surface area contributed by atoms with Gasteiger partial charge in [0.05, 0.1) is 10.0 Å². The lowest BCUT2D eigenvalue weighted by Crippen LogP contribution is -2.22. The highest BCUT2D eigenvalue weighted by Gasteiger charge is 2.13. The molecular weight excluding hydrogens is 242 g/mol. The van der Waals surface area contributed by atoms with Crippen LogP contribution < -0.4 is 5.32 Å². The lowest BCUT2D eigenvalue weighted by atomic mass is 10.2. The Morgan fingerprint density at radius 2 is 2.12 bits per heavy atom. The first-order valence-corrected chi connectivity index (χ1v) is 6.37. The Morgan fingerprint density at radius 3 is 2.69 bits per heavy atom. The van der Waals surface area contributed by atoms with Gasteiger partial charge in [-0.1, -0.05) is 11.6 Å². The smallest absolute Gasteiger partial charge is 0.0931 e. The summed E-state index contributed by atoms with van der Waals surface area (Å²) in [6, 6.07) is 6.51. The minimum absolute atomic E-state index is 0.248. The summed E-state index contributed by atoms with van der Waals surface area (Å²) in [5.74, 6) is 0. The van der Waals surface area contributed by atoms with E-state index in [4.69, 9.17) is 11.6 Å². The minimum Gasteiger partial charge on any atom is -0.301 e. The maximum atomic E-state index is 5.92. The van der Waals surface area contributed by atoms with E-state index in [0.717, 1.165) is 10.0 Å². The number of aromatic amines is 1. The first-order valence-electron chi connectivity index (χ1n) is 5.17. The third kappa shape index (κ3) is 2.64. The molecule has 3 nitrogen and oxygen atoms in total. The normalized spacial score (nSPS) is 14.9. The van der Waals surface area contributed by atoms with Crippen LogP contribution in [0.5, 0.6) is 0 Å². The first-order chi connectivity index (χ1) is 7.66. The zero-order valence-electron chi connectivity index (χ0n) is 9.20. The third-order valence-corrected chi connectivity index (χ3v) is 3.92. The van der Waals surface area contributed by atoms with E-state index in [1.165, 1.54) is 4.88 Å². The quantitative estimate of drug-likeness (QED) is 0.877. The first kappa shape index (κ1) is 11.6. The Kier molecular flexibility index (Phi) is 3.63. The SMILES string of the molecule is CC(NC(C)c1ccc(Cl)s1)c1ccn[nH]1. The van der Waals surface area contributed by atoms with Crippen molar-refractivity contribution in [2.75, 3.05) is 0 Å². The zero-order valence-corrected chi connectivity index (χ0v) is 10.8. The molecule has 16 heavy (non-hydrogen) atoms. The molecule has 0 saturated heterocycles. The summed E-state index contributed by atoms with van der Waals surface area (Å²) in [5, 5.41) is 10.4. The molecule has 2 N–H and O–H groups in total. The average molecular weight is 256 g/mol. The van der Waals surface area contributed by atoms with Crippen LogP contribution in [-0.4, -0.2) is 10.2 Å². The number of hydrogen-bond acceptors (Lipinski definition) is 3. The summed E-state index contributed by atoms with van der Waals surface area (Å²) < 4.78 is 0.831. The Morgan fingerprint density at radius 1 is 1.31 bits per heavy atom. The molecule has 0 aromatic carbocycles. The summed E-state index contributed by atoms with van der Waals surface area (Å²) in [6.45, 7) is 4.24. The van der Waals surface area contributed by atoms with Crippen molar-refractivity contribution in [1.82, 2.24) is 15.5 Å². The molecule has 0 aliphatic carbocycles. The molecule has 2 heterocycles. The Bertz CT molecular complexity index is 438. The van der Waals surface area contributed by atoms with E-state index in [9.17, 15) is 0 Å². The van der Waals surface area contributed by atoms with Gasteiger partial charge >= 0.3 is 0 Å². The van der Waals surface area contributed by atoms with Crippen LogP contribution in [0.1, 0.15) is 36.5 Å². The molecule has 0 aliphatic rings. The molecule has 2 rings (SSSR count). The van der Waals surface area contributed by atoms with Gasteiger partial charge in [0.2, 0.25) is 0 Å². The monoisotopic (exact) mass is 255 g/mol. The molecule has 0 fully saturated rings. The van der Waals surface area contributed by atoms with Crippen LogP contribution in [0, 0.1) is 0 Å². The highest BCUT2D eigenvalue weighted by molar-refractivity contribution is 7.16. The van der Waals surface area contributed by atoms with Gasteiger partial charge in [0.15, 0.2) is 0 Å². The maximum Gasteiger partial charge on any atom is 0.0931 e. The summed E-state index contributed by atoms with van der Waals surface area (Å²) in [6.07, 6.45) is 1.76. The second kappa shape index (κ2) is 4.99. The lowest BCUT2D eigenvalue weighted by molar-refractivity contribution is 0.491. The number of hydrogen-bond donors (Lipinski definition) is 2. The van der Waals surface area contributed by atoms with Gasteiger partial charge in [0.1, 0.15) is 0 Å². The number of thiophene rings is 1.